The van der Waals surface area contributed by atoms with Gasteiger partial charge in [-0.15, -0.1) is 24.0 Å². The Kier molecular flexibility index (Phi) is 10.8. The van der Waals surface area contributed by atoms with E-state index in [4.69, 9.17) is 15.2 Å². The first-order chi connectivity index (χ1) is 13.4. The third kappa shape index (κ3) is 8.09. The van der Waals surface area contributed by atoms with Gasteiger partial charge in [-0.25, -0.2) is 4.99 Å². The van der Waals surface area contributed by atoms with Gasteiger partial charge in [0.2, 0.25) is 5.91 Å². The van der Waals surface area contributed by atoms with Crippen LogP contribution in [0.2, 0.25) is 0 Å². The van der Waals surface area contributed by atoms with Crippen molar-refractivity contribution < 1.29 is 14.3 Å². The van der Waals surface area contributed by atoms with Crippen molar-refractivity contribution >= 4 is 63.1 Å². The lowest BCUT2D eigenvalue weighted by atomic mass is 10.2. The van der Waals surface area contributed by atoms with Crippen molar-refractivity contribution in [3.05, 3.63) is 46.4 Å². The average molecular weight is 577 g/mol. The van der Waals surface area contributed by atoms with E-state index in [1.54, 1.807) is 12.1 Å². The average Bonchev–Trinajstić information content (AvgIpc) is 2.65. The second kappa shape index (κ2) is 12.5. The standard InChI is InChI=1S/C20H25BrN4O3.HI/c1-4-27-15-8-9-18(28-5-2)17(11-15)25-20(22)23-12-19(26)24-16-10-14(21)7-6-13(16)3;/h6-11H,4-5,12H2,1-3H3,(H,24,26)(H3,22,23,25);1H. The Hall–Kier alpha value is -2.01. The second-order valence-corrected chi connectivity index (χ2v) is 6.77. The number of carbonyl (C=O) groups excluding carboxylic acids is 1. The highest BCUT2D eigenvalue weighted by atomic mass is 127. The van der Waals surface area contributed by atoms with E-state index in [0.717, 1.165) is 15.7 Å². The van der Waals surface area contributed by atoms with Gasteiger partial charge in [-0.2, -0.15) is 0 Å². The van der Waals surface area contributed by atoms with Crippen molar-refractivity contribution in [1.82, 2.24) is 0 Å². The molecule has 4 N–H and O–H groups in total. The van der Waals surface area contributed by atoms with Crippen LogP contribution in [0.1, 0.15) is 19.4 Å². The van der Waals surface area contributed by atoms with Crippen LogP contribution in [0.15, 0.2) is 45.9 Å². The van der Waals surface area contributed by atoms with E-state index < -0.39 is 0 Å². The Labute approximate surface area is 196 Å². The van der Waals surface area contributed by atoms with Gasteiger partial charge < -0.3 is 25.8 Å². The first kappa shape index (κ1) is 25.0. The number of amides is 1. The normalized spacial score (nSPS) is 10.7. The van der Waals surface area contributed by atoms with Crippen LogP contribution in [0.3, 0.4) is 0 Å². The molecule has 0 radical (unpaired) electrons. The molecule has 7 nitrogen and oxygen atoms in total. The molecule has 0 spiro atoms. The zero-order valence-electron chi connectivity index (χ0n) is 16.6. The summed E-state index contributed by atoms with van der Waals surface area (Å²) in [6.45, 7) is 6.67. The Morgan fingerprint density at radius 1 is 1.07 bits per heavy atom. The Bertz CT molecular complexity index is 862. The van der Waals surface area contributed by atoms with Crippen LogP contribution in [-0.4, -0.2) is 31.6 Å². The highest BCUT2D eigenvalue weighted by Gasteiger charge is 2.09. The fourth-order valence-corrected chi connectivity index (χ4v) is 2.76. The van der Waals surface area contributed by atoms with Gasteiger partial charge >= 0.3 is 0 Å². The lowest BCUT2D eigenvalue weighted by Gasteiger charge is -2.14. The third-order valence-corrected chi connectivity index (χ3v) is 4.18. The smallest absolute Gasteiger partial charge is 0.246 e. The molecule has 2 aromatic rings. The molecule has 9 heteroatoms. The molecule has 0 aliphatic rings. The topological polar surface area (TPSA) is 98.0 Å². The minimum Gasteiger partial charge on any atom is -0.494 e. The van der Waals surface area contributed by atoms with E-state index in [-0.39, 0.29) is 42.4 Å². The maximum Gasteiger partial charge on any atom is 0.246 e. The quantitative estimate of drug-likeness (QED) is 0.243. The van der Waals surface area contributed by atoms with Crippen molar-refractivity contribution in [3.63, 3.8) is 0 Å². The number of halogens is 2. The lowest BCUT2D eigenvalue weighted by molar-refractivity contribution is -0.114. The van der Waals surface area contributed by atoms with Crippen LogP contribution in [0.25, 0.3) is 0 Å². The van der Waals surface area contributed by atoms with Crippen LogP contribution in [0.5, 0.6) is 11.5 Å². The van der Waals surface area contributed by atoms with E-state index in [2.05, 4.69) is 31.6 Å². The van der Waals surface area contributed by atoms with Crippen molar-refractivity contribution in [1.29, 1.82) is 0 Å². The molecule has 0 saturated heterocycles. The van der Waals surface area contributed by atoms with Gasteiger partial charge in [0, 0.05) is 16.2 Å². The second-order valence-electron chi connectivity index (χ2n) is 5.86. The third-order valence-electron chi connectivity index (χ3n) is 3.69. The number of anilines is 2. The number of nitrogens with zero attached hydrogens (tertiary/aromatic N) is 1. The van der Waals surface area contributed by atoms with Crippen LogP contribution in [0.4, 0.5) is 11.4 Å². The minimum atomic E-state index is -0.265. The van der Waals surface area contributed by atoms with Crippen molar-refractivity contribution in [2.24, 2.45) is 10.7 Å². The van der Waals surface area contributed by atoms with Crippen molar-refractivity contribution in [2.75, 3.05) is 30.4 Å². The summed E-state index contributed by atoms with van der Waals surface area (Å²) in [5.41, 5.74) is 8.25. The molecule has 0 aliphatic heterocycles. The highest BCUT2D eigenvalue weighted by Crippen LogP contribution is 2.29. The van der Waals surface area contributed by atoms with Gasteiger partial charge in [-0.3, -0.25) is 4.79 Å². The number of guanidine groups is 1. The predicted molar refractivity (Wildman–Crippen MR) is 132 cm³/mol. The van der Waals surface area contributed by atoms with E-state index in [9.17, 15) is 4.79 Å². The number of rotatable bonds is 8. The Morgan fingerprint density at radius 2 is 1.79 bits per heavy atom. The zero-order valence-corrected chi connectivity index (χ0v) is 20.5. The number of hydrogen-bond donors (Lipinski definition) is 3. The fraction of sp³-hybridized carbons (Fsp3) is 0.300. The van der Waals surface area contributed by atoms with Crippen molar-refractivity contribution in [2.45, 2.75) is 20.8 Å². The summed E-state index contributed by atoms with van der Waals surface area (Å²) in [5, 5.41) is 5.79. The van der Waals surface area contributed by atoms with Crippen LogP contribution >= 0.6 is 39.9 Å². The summed E-state index contributed by atoms with van der Waals surface area (Å²) in [5.74, 6) is 1.15. The molecule has 0 fully saturated rings. The summed E-state index contributed by atoms with van der Waals surface area (Å²) in [6, 6.07) is 11.1. The molecule has 0 saturated carbocycles. The lowest BCUT2D eigenvalue weighted by Crippen LogP contribution is -2.25. The monoisotopic (exact) mass is 576 g/mol. The van der Waals surface area contributed by atoms with Gasteiger partial charge in [0.25, 0.3) is 0 Å². The largest absolute Gasteiger partial charge is 0.494 e. The fourth-order valence-electron chi connectivity index (χ4n) is 2.40. The van der Waals surface area contributed by atoms with E-state index in [1.165, 1.54) is 0 Å². The van der Waals surface area contributed by atoms with Crippen LogP contribution in [0, 0.1) is 6.92 Å². The number of aliphatic imine (C=N–C) groups is 1. The van der Waals surface area contributed by atoms with Gasteiger partial charge in [-0.05, 0) is 50.6 Å². The molecular weight excluding hydrogens is 551 g/mol. The number of benzene rings is 2. The predicted octanol–water partition coefficient (Wildman–Crippen LogP) is 4.54. The molecule has 158 valence electrons. The number of ether oxygens (including phenoxy) is 2. The molecule has 0 aromatic heterocycles. The summed E-state index contributed by atoms with van der Waals surface area (Å²) in [6.07, 6.45) is 0. The maximum atomic E-state index is 12.2. The molecule has 2 rings (SSSR count). The molecule has 0 heterocycles. The molecule has 0 aliphatic carbocycles. The van der Waals surface area contributed by atoms with Crippen LogP contribution < -0.4 is 25.8 Å². The molecule has 2 aromatic carbocycles. The number of nitrogens with two attached hydrogens (primary N) is 1. The summed E-state index contributed by atoms with van der Waals surface area (Å²) in [7, 11) is 0. The number of carbonyl (C=O) groups is 1. The first-order valence-electron chi connectivity index (χ1n) is 8.95. The van der Waals surface area contributed by atoms with Gasteiger partial charge in [0.1, 0.15) is 18.0 Å². The van der Waals surface area contributed by atoms with E-state index >= 15 is 0 Å². The van der Waals surface area contributed by atoms with E-state index in [0.29, 0.717) is 30.4 Å². The van der Waals surface area contributed by atoms with Gasteiger partial charge in [0.15, 0.2) is 5.96 Å². The number of nitrogens with one attached hydrogen (secondary N) is 2. The highest BCUT2D eigenvalue weighted by molar-refractivity contribution is 14.0. The molecule has 0 atom stereocenters. The molecule has 29 heavy (non-hydrogen) atoms. The summed E-state index contributed by atoms with van der Waals surface area (Å²) >= 11 is 3.39. The molecule has 0 bridgehead atoms. The van der Waals surface area contributed by atoms with Crippen molar-refractivity contribution in [3.8, 4) is 11.5 Å². The Balaban J connectivity index is 0.00000420. The summed E-state index contributed by atoms with van der Waals surface area (Å²) < 4.78 is 12.0. The van der Waals surface area contributed by atoms with Gasteiger partial charge in [-0.1, -0.05) is 22.0 Å². The summed E-state index contributed by atoms with van der Waals surface area (Å²) in [4.78, 5) is 16.3. The minimum absolute atomic E-state index is 0. The number of aryl methyl sites for hydroxylation is 1. The zero-order chi connectivity index (χ0) is 20.5. The van der Waals surface area contributed by atoms with E-state index in [1.807, 2.05) is 45.0 Å². The van der Waals surface area contributed by atoms with Crippen LogP contribution in [-0.2, 0) is 4.79 Å². The number of hydrogen-bond acceptors (Lipinski definition) is 4. The Morgan fingerprint density at radius 3 is 2.48 bits per heavy atom. The SMILES string of the molecule is CCOc1ccc(OCC)c(NC(N)=NCC(=O)Nc2cc(Br)ccc2C)c1.I. The molecular formula is C20H26BrIN4O3. The molecule has 1 amide bonds. The molecule has 0 unspecified atom stereocenters. The first-order valence-corrected chi connectivity index (χ1v) is 9.74. The van der Waals surface area contributed by atoms with Gasteiger partial charge in [0.05, 0.1) is 18.9 Å². The maximum absolute atomic E-state index is 12.2.